The molecule has 0 unspecified atom stereocenters. The van der Waals surface area contributed by atoms with Gasteiger partial charge in [0, 0.05) is 38.6 Å². The number of Topliss-reactive ketones (excluding diaryl/α,β-unsaturated/α-hetero) is 1. The molecule has 0 spiro atoms. The molecule has 22 heavy (non-hydrogen) atoms. The van der Waals surface area contributed by atoms with Crippen LogP contribution in [0, 0.1) is 0 Å². The van der Waals surface area contributed by atoms with Crippen molar-refractivity contribution in [2.24, 2.45) is 0 Å². The summed E-state index contributed by atoms with van der Waals surface area (Å²) in [4.78, 5) is 14.7. The Morgan fingerprint density at radius 1 is 1.55 bits per heavy atom. The summed E-state index contributed by atoms with van der Waals surface area (Å²) in [6, 6.07) is 3.95. The van der Waals surface area contributed by atoms with Gasteiger partial charge in [-0.1, -0.05) is 0 Å². The van der Waals surface area contributed by atoms with Crippen LogP contribution in [0.25, 0.3) is 0 Å². The lowest BCUT2D eigenvalue weighted by molar-refractivity contribution is 0.0391. The van der Waals surface area contributed by atoms with E-state index in [0.29, 0.717) is 0 Å². The first-order valence-corrected chi connectivity index (χ1v) is 8.48. The third-order valence-corrected chi connectivity index (χ3v) is 4.87. The van der Waals surface area contributed by atoms with Gasteiger partial charge < -0.3 is 4.74 Å². The van der Waals surface area contributed by atoms with Crippen molar-refractivity contribution in [3.05, 3.63) is 40.3 Å². The zero-order chi connectivity index (χ0) is 15.4. The molecule has 0 saturated carbocycles. The van der Waals surface area contributed by atoms with Crippen LogP contribution in [0.2, 0.25) is 0 Å². The molecule has 0 bridgehead atoms. The van der Waals surface area contributed by atoms with Gasteiger partial charge in [-0.05, 0) is 36.4 Å². The fourth-order valence-corrected chi connectivity index (χ4v) is 3.55. The maximum atomic E-state index is 11.4. The van der Waals surface area contributed by atoms with Crippen molar-refractivity contribution >= 4 is 17.1 Å². The van der Waals surface area contributed by atoms with Crippen molar-refractivity contribution in [3.63, 3.8) is 0 Å². The molecule has 0 radical (unpaired) electrons. The van der Waals surface area contributed by atoms with Crippen molar-refractivity contribution < 1.29 is 9.53 Å². The van der Waals surface area contributed by atoms with Gasteiger partial charge in [0.1, 0.15) is 0 Å². The molecule has 118 valence electrons. The van der Waals surface area contributed by atoms with Gasteiger partial charge in [0.2, 0.25) is 0 Å². The second kappa shape index (κ2) is 7.17. The normalized spacial score (nSPS) is 20.0. The molecule has 0 aromatic carbocycles. The minimum atomic E-state index is 0.145. The van der Waals surface area contributed by atoms with E-state index in [0.717, 1.165) is 44.1 Å². The van der Waals surface area contributed by atoms with Crippen LogP contribution in [-0.2, 0) is 17.8 Å². The fourth-order valence-electron chi connectivity index (χ4n) is 2.74. The summed E-state index contributed by atoms with van der Waals surface area (Å²) in [5.74, 6) is 0.145. The largest absolute Gasteiger partial charge is 0.375 e. The molecule has 5 nitrogen and oxygen atoms in total. The van der Waals surface area contributed by atoms with E-state index in [1.165, 1.54) is 16.9 Å². The maximum absolute atomic E-state index is 11.4. The molecular formula is C16H21N3O2S. The van der Waals surface area contributed by atoms with Crippen LogP contribution in [0.15, 0.2) is 29.9 Å². The summed E-state index contributed by atoms with van der Waals surface area (Å²) in [6.07, 6.45) is 4.97. The quantitative estimate of drug-likeness (QED) is 0.794. The van der Waals surface area contributed by atoms with Crippen LogP contribution in [0.5, 0.6) is 0 Å². The monoisotopic (exact) mass is 319 g/mol. The molecule has 0 amide bonds. The Labute approximate surface area is 134 Å². The molecule has 0 N–H and O–H groups in total. The molecular weight excluding hydrogens is 298 g/mol. The van der Waals surface area contributed by atoms with E-state index in [9.17, 15) is 4.79 Å². The van der Waals surface area contributed by atoms with Crippen LogP contribution < -0.4 is 0 Å². The number of carbonyl (C=O) groups excluding carboxylic acids is 1. The number of thiophene rings is 1. The van der Waals surface area contributed by atoms with Crippen LogP contribution >= 0.6 is 11.3 Å². The van der Waals surface area contributed by atoms with Gasteiger partial charge in [0.15, 0.2) is 5.78 Å². The van der Waals surface area contributed by atoms with Gasteiger partial charge in [-0.3, -0.25) is 14.4 Å². The third kappa shape index (κ3) is 4.03. The summed E-state index contributed by atoms with van der Waals surface area (Å²) in [7, 11) is 0. The first-order valence-electron chi connectivity index (χ1n) is 7.60. The van der Waals surface area contributed by atoms with E-state index < -0.39 is 0 Å². The van der Waals surface area contributed by atoms with Crippen molar-refractivity contribution in [1.29, 1.82) is 0 Å². The average Bonchev–Trinajstić information content (AvgIpc) is 3.10. The summed E-state index contributed by atoms with van der Waals surface area (Å²) in [5, 5.41) is 6.34. The predicted molar refractivity (Wildman–Crippen MR) is 86.2 cm³/mol. The third-order valence-electron chi connectivity index (χ3n) is 3.79. The lowest BCUT2D eigenvalue weighted by Crippen LogP contribution is -2.34. The first kappa shape index (κ1) is 15.4. The van der Waals surface area contributed by atoms with E-state index in [-0.39, 0.29) is 11.9 Å². The highest BCUT2D eigenvalue weighted by atomic mass is 32.1. The number of nitrogens with zero attached hydrogens (tertiary/aromatic N) is 3. The van der Waals surface area contributed by atoms with E-state index in [2.05, 4.69) is 15.4 Å². The number of aromatic nitrogens is 2. The van der Waals surface area contributed by atoms with Crippen molar-refractivity contribution in [2.75, 3.05) is 19.7 Å². The molecule has 2 aromatic heterocycles. The average molecular weight is 319 g/mol. The highest BCUT2D eigenvalue weighted by Gasteiger charge is 2.20. The lowest BCUT2D eigenvalue weighted by atomic mass is 10.2. The van der Waals surface area contributed by atoms with Crippen molar-refractivity contribution in [1.82, 2.24) is 14.7 Å². The smallest absolute Gasteiger partial charge is 0.169 e. The number of rotatable bonds is 5. The summed E-state index contributed by atoms with van der Waals surface area (Å²) >= 11 is 1.53. The Morgan fingerprint density at radius 2 is 2.45 bits per heavy atom. The molecule has 0 aliphatic carbocycles. The topological polar surface area (TPSA) is 47.4 Å². The second-order valence-corrected chi connectivity index (χ2v) is 6.60. The van der Waals surface area contributed by atoms with Gasteiger partial charge >= 0.3 is 0 Å². The molecule has 1 aliphatic rings. The summed E-state index contributed by atoms with van der Waals surface area (Å²) in [5.41, 5.74) is 1.22. The standard InChI is InChI=1S/C16H21N3O2S/c1-13(20)16-8-14(12-22-16)9-18-5-3-7-21-15(10-18)11-19-6-2-4-17-19/h2,4,6,8,12,15H,3,5,7,9-11H2,1H3/t15-/m0/s1. The molecule has 1 fully saturated rings. The van der Waals surface area contributed by atoms with Gasteiger partial charge in [-0.15, -0.1) is 11.3 Å². The van der Waals surface area contributed by atoms with Crippen LogP contribution in [-0.4, -0.2) is 46.3 Å². The zero-order valence-electron chi connectivity index (χ0n) is 12.8. The van der Waals surface area contributed by atoms with Crippen LogP contribution in [0.1, 0.15) is 28.6 Å². The first-order chi connectivity index (χ1) is 10.7. The Morgan fingerprint density at radius 3 is 3.18 bits per heavy atom. The minimum Gasteiger partial charge on any atom is -0.375 e. The van der Waals surface area contributed by atoms with E-state index in [1.807, 2.05) is 23.0 Å². The van der Waals surface area contributed by atoms with Crippen molar-refractivity contribution in [3.8, 4) is 0 Å². The number of ketones is 1. The van der Waals surface area contributed by atoms with Gasteiger partial charge in [0.25, 0.3) is 0 Å². The predicted octanol–water partition coefficient (Wildman–Crippen LogP) is 2.44. The molecule has 1 aliphatic heterocycles. The highest BCUT2D eigenvalue weighted by molar-refractivity contribution is 7.12. The summed E-state index contributed by atoms with van der Waals surface area (Å²) < 4.78 is 7.86. The van der Waals surface area contributed by atoms with Crippen LogP contribution in [0.4, 0.5) is 0 Å². The Hall–Kier alpha value is -1.50. The SMILES string of the molecule is CC(=O)c1cc(CN2CCCO[C@H](Cn3cccn3)C2)cs1. The molecule has 3 heterocycles. The zero-order valence-corrected chi connectivity index (χ0v) is 13.6. The molecule has 6 heteroatoms. The van der Waals surface area contributed by atoms with E-state index >= 15 is 0 Å². The number of hydrogen-bond acceptors (Lipinski definition) is 5. The van der Waals surface area contributed by atoms with Gasteiger partial charge in [0.05, 0.1) is 17.5 Å². The van der Waals surface area contributed by atoms with Crippen molar-refractivity contribution in [2.45, 2.75) is 32.5 Å². The van der Waals surface area contributed by atoms with Gasteiger partial charge in [-0.25, -0.2) is 0 Å². The maximum Gasteiger partial charge on any atom is 0.169 e. The highest BCUT2D eigenvalue weighted by Crippen LogP contribution is 2.18. The molecule has 2 aromatic rings. The Bertz CT molecular complexity index is 609. The number of carbonyl (C=O) groups is 1. The lowest BCUT2D eigenvalue weighted by Gasteiger charge is -2.23. The van der Waals surface area contributed by atoms with Crippen LogP contribution in [0.3, 0.4) is 0 Å². The Kier molecular flexibility index (Phi) is 5.02. The van der Waals surface area contributed by atoms with Gasteiger partial charge in [-0.2, -0.15) is 5.10 Å². The number of hydrogen-bond donors (Lipinski definition) is 0. The van der Waals surface area contributed by atoms with E-state index in [1.54, 1.807) is 13.1 Å². The molecule has 1 saturated heterocycles. The second-order valence-electron chi connectivity index (χ2n) is 5.68. The van der Waals surface area contributed by atoms with E-state index in [4.69, 9.17) is 4.74 Å². The molecule has 3 rings (SSSR count). The minimum absolute atomic E-state index is 0.145. The summed E-state index contributed by atoms with van der Waals surface area (Å²) in [6.45, 7) is 6.00. The molecule has 1 atom stereocenters. The Balaban J connectivity index is 1.60. The number of ether oxygens (including phenoxy) is 1. The fraction of sp³-hybridized carbons (Fsp3) is 0.500.